The van der Waals surface area contributed by atoms with Crippen LogP contribution in [0.1, 0.15) is 44.6 Å². The van der Waals surface area contributed by atoms with Crippen LogP contribution in [0.15, 0.2) is 29.2 Å². The highest BCUT2D eigenvalue weighted by atomic mass is 32.2. The topological polar surface area (TPSA) is 52.9 Å². The zero-order valence-corrected chi connectivity index (χ0v) is 12.5. The third-order valence-electron chi connectivity index (χ3n) is 2.99. The van der Waals surface area contributed by atoms with Crippen LogP contribution in [0.4, 0.5) is 0 Å². The van der Waals surface area contributed by atoms with Gasteiger partial charge in [0.15, 0.2) is 0 Å². The Bertz CT molecular complexity index is 436. The first-order chi connectivity index (χ1) is 9.17. The molecule has 1 rings (SSSR count). The quantitative estimate of drug-likeness (QED) is 0.740. The van der Waals surface area contributed by atoms with E-state index in [1.807, 2.05) is 31.2 Å². The van der Waals surface area contributed by atoms with Gasteiger partial charge in [0.05, 0.1) is 11.0 Å². The van der Waals surface area contributed by atoms with Crippen molar-refractivity contribution in [1.82, 2.24) is 4.72 Å². The molecule has 0 aliphatic carbocycles. The van der Waals surface area contributed by atoms with Gasteiger partial charge in [-0.25, -0.2) is 8.93 Å². The van der Waals surface area contributed by atoms with Crippen molar-refractivity contribution in [3.05, 3.63) is 29.8 Å². The fraction of sp³-hybridized carbons (Fsp3) is 0.533. The number of nitrogens with zero attached hydrogens (tertiary/aromatic N) is 1. The normalized spacial score (nSPS) is 13.7. The zero-order valence-electron chi connectivity index (χ0n) is 11.7. The third-order valence-corrected chi connectivity index (χ3v) is 4.19. The van der Waals surface area contributed by atoms with Crippen LogP contribution >= 0.6 is 0 Å². The van der Waals surface area contributed by atoms with E-state index in [0.29, 0.717) is 0 Å². The molecule has 0 saturated carbocycles. The van der Waals surface area contributed by atoms with Crippen molar-refractivity contribution in [2.75, 3.05) is 0 Å². The molecule has 0 spiro atoms. The van der Waals surface area contributed by atoms with Gasteiger partial charge in [0.2, 0.25) is 0 Å². The summed E-state index contributed by atoms with van der Waals surface area (Å²) < 4.78 is 15.0. The molecule has 104 valence electrons. The van der Waals surface area contributed by atoms with Gasteiger partial charge in [-0.1, -0.05) is 50.3 Å². The van der Waals surface area contributed by atoms with E-state index < -0.39 is 11.0 Å². The summed E-state index contributed by atoms with van der Waals surface area (Å²) in [6.45, 7) is 4.15. The van der Waals surface area contributed by atoms with E-state index in [-0.39, 0.29) is 6.04 Å². The molecule has 2 atom stereocenters. The Morgan fingerprint density at radius 3 is 2.53 bits per heavy atom. The van der Waals surface area contributed by atoms with E-state index in [9.17, 15) is 4.21 Å². The van der Waals surface area contributed by atoms with E-state index in [1.54, 1.807) is 0 Å². The second-order valence-electron chi connectivity index (χ2n) is 4.73. The number of benzene rings is 1. The molecule has 0 aromatic heterocycles. The van der Waals surface area contributed by atoms with Gasteiger partial charge in [0.25, 0.3) is 0 Å². The highest BCUT2D eigenvalue weighted by molar-refractivity contribution is 7.83. The number of unbranched alkanes of at least 4 members (excludes halogenated alkanes) is 3. The maximum absolute atomic E-state index is 12.1. The molecule has 1 N–H and O–H groups in total. The lowest BCUT2D eigenvalue weighted by Gasteiger charge is -2.11. The second kappa shape index (κ2) is 8.84. The maximum Gasteiger partial charge on any atom is 0.126 e. The van der Waals surface area contributed by atoms with Gasteiger partial charge in [-0.15, -0.1) is 0 Å². The average molecular weight is 278 g/mol. The van der Waals surface area contributed by atoms with Crippen molar-refractivity contribution in [3.8, 4) is 6.07 Å². The standard InChI is InChI=1S/C15H22N2OS/c1-3-4-5-6-7-14(12-16)17-19(18)15-10-8-13(2)9-11-15/h8-11,14,17H,3-7H2,1-2H3/t14-,19-/m0/s1. The molecule has 0 saturated heterocycles. The Kier molecular flexibility index (Phi) is 7.39. The second-order valence-corrected chi connectivity index (χ2v) is 5.98. The first-order valence-corrected chi connectivity index (χ1v) is 7.96. The molecular formula is C15H22N2OS. The molecule has 0 radical (unpaired) electrons. The van der Waals surface area contributed by atoms with Gasteiger partial charge in [-0.05, 0) is 25.5 Å². The predicted octanol–water partition coefficient (Wildman–Crippen LogP) is 3.47. The van der Waals surface area contributed by atoms with E-state index >= 15 is 0 Å². The number of hydrogen-bond acceptors (Lipinski definition) is 2. The van der Waals surface area contributed by atoms with Crippen molar-refractivity contribution >= 4 is 11.0 Å². The number of nitrogens with one attached hydrogen (secondary N) is 1. The Morgan fingerprint density at radius 1 is 1.26 bits per heavy atom. The fourth-order valence-corrected chi connectivity index (χ4v) is 2.73. The summed E-state index contributed by atoms with van der Waals surface area (Å²) in [6.07, 6.45) is 5.27. The molecule has 0 unspecified atom stereocenters. The van der Waals surface area contributed by atoms with Gasteiger partial charge >= 0.3 is 0 Å². The SMILES string of the molecule is CCCCCC[C@@H](C#N)N[S@@](=O)c1ccc(C)cc1. The Morgan fingerprint density at radius 2 is 1.95 bits per heavy atom. The largest absolute Gasteiger partial charge is 0.237 e. The van der Waals surface area contributed by atoms with E-state index in [2.05, 4.69) is 17.7 Å². The summed E-state index contributed by atoms with van der Waals surface area (Å²) in [4.78, 5) is 0.722. The highest BCUT2D eigenvalue weighted by Crippen LogP contribution is 2.10. The van der Waals surface area contributed by atoms with E-state index in [1.165, 1.54) is 12.8 Å². The van der Waals surface area contributed by atoms with E-state index in [4.69, 9.17) is 5.26 Å². The molecule has 0 amide bonds. The van der Waals surface area contributed by atoms with Crippen LogP contribution in [0.2, 0.25) is 0 Å². The summed E-state index contributed by atoms with van der Waals surface area (Å²) in [6, 6.07) is 9.38. The molecule has 19 heavy (non-hydrogen) atoms. The molecule has 1 aromatic carbocycles. The Hall–Kier alpha value is -1.18. The Balaban J connectivity index is 2.45. The maximum atomic E-state index is 12.1. The van der Waals surface area contributed by atoms with Gasteiger partial charge in [0.1, 0.15) is 17.0 Å². The lowest BCUT2D eigenvalue weighted by Crippen LogP contribution is -2.29. The van der Waals surface area contributed by atoms with Crippen molar-refractivity contribution in [3.63, 3.8) is 0 Å². The van der Waals surface area contributed by atoms with Gasteiger partial charge in [-0.3, -0.25) is 0 Å². The molecule has 0 aliphatic heterocycles. The summed E-state index contributed by atoms with van der Waals surface area (Å²) in [7, 11) is -1.30. The minimum Gasteiger partial charge on any atom is -0.237 e. The van der Waals surface area contributed by atoms with Crippen LogP contribution in [0.25, 0.3) is 0 Å². The van der Waals surface area contributed by atoms with Crippen molar-refractivity contribution in [1.29, 1.82) is 5.26 Å². The summed E-state index contributed by atoms with van der Waals surface area (Å²) in [5.41, 5.74) is 1.14. The molecule has 0 aliphatic rings. The number of rotatable bonds is 8. The van der Waals surface area contributed by atoms with Crippen LogP contribution in [-0.4, -0.2) is 10.3 Å². The molecule has 0 heterocycles. The molecule has 3 nitrogen and oxygen atoms in total. The van der Waals surface area contributed by atoms with Crippen LogP contribution in [0.3, 0.4) is 0 Å². The monoisotopic (exact) mass is 278 g/mol. The smallest absolute Gasteiger partial charge is 0.126 e. The number of hydrogen-bond donors (Lipinski definition) is 1. The van der Waals surface area contributed by atoms with Gasteiger partial charge in [0, 0.05) is 0 Å². The van der Waals surface area contributed by atoms with Crippen LogP contribution in [-0.2, 0) is 11.0 Å². The highest BCUT2D eigenvalue weighted by Gasteiger charge is 2.11. The van der Waals surface area contributed by atoms with Gasteiger partial charge in [-0.2, -0.15) is 5.26 Å². The van der Waals surface area contributed by atoms with E-state index in [0.717, 1.165) is 29.7 Å². The predicted molar refractivity (Wildman–Crippen MR) is 78.9 cm³/mol. The number of aryl methyl sites for hydroxylation is 1. The number of nitriles is 1. The van der Waals surface area contributed by atoms with Gasteiger partial charge < -0.3 is 0 Å². The lowest BCUT2D eigenvalue weighted by atomic mass is 10.1. The molecule has 0 fully saturated rings. The molecule has 1 aromatic rings. The molecular weight excluding hydrogens is 256 g/mol. The van der Waals surface area contributed by atoms with Crippen LogP contribution in [0, 0.1) is 18.3 Å². The first kappa shape index (κ1) is 15.9. The molecule has 4 heteroatoms. The minimum absolute atomic E-state index is 0.334. The van der Waals surface area contributed by atoms with Crippen LogP contribution < -0.4 is 4.72 Å². The fourth-order valence-electron chi connectivity index (χ4n) is 1.78. The van der Waals surface area contributed by atoms with Crippen molar-refractivity contribution in [2.45, 2.75) is 56.9 Å². The average Bonchev–Trinajstić information content (AvgIpc) is 2.42. The summed E-state index contributed by atoms with van der Waals surface area (Å²) in [5, 5.41) is 9.08. The summed E-state index contributed by atoms with van der Waals surface area (Å²) in [5.74, 6) is 0. The van der Waals surface area contributed by atoms with Crippen LogP contribution in [0.5, 0.6) is 0 Å². The summed E-state index contributed by atoms with van der Waals surface area (Å²) >= 11 is 0. The first-order valence-electron chi connectivity index (χ1n) is 6.81. The Labute approximate surface area is 118 Å². The molecule has 0 bridgehead atoms. The zero-order chi connectivity index (χ0) is 14.1. The third kappa shape index (κ3) is 6.00. The minimum atomic E-state index is -1.30. The van der Waals surface area contributed by atoms with Crippen molar-refractivity contribution in [2.24, 2.45) is 0 Å². The van der Waals surface area contributed by atoms with Crippen molar-refractivity contribution < 1.29 is 4.21 Å². The lowest BCUT2D eigenvalue weighted by molar-refractivity contribution is 0.579.